The average Bonchev–Trinajstić information content (AvgIpc) is 3.43. The topological polar surface area (TPSA) is 69.6 Å². The van der Waals surface area contributed by atoms with E-state index in [1.807, 2.05) is 49.5 Å². The Bertz CT molecular complexity index is 1500. The third-order valence-electron chi connectivity index (χ3n) is 5.53. The molecule has 4 nitrogen and oxygen atoms in total. The van der Waals surface area contributed by atoms with Gasteiger partial charge in [0.05, 0.1) is 10.2 Å². The molecule has 0 amide bonds. The molecule has 1 aliphatic rings. The summed E-state index contributed by atoms with van der Waals surface area (Å²) in [7, 11) is 2.03. The number of Topliss-reactive ketones (excluding diaryl/α,β-unsaturated/α-hetero) is 1. The zero-order valence-electron chi connectivity index (χ0n) is 16.6. The van der Waals surface area contributed by atoms with Crippen molar-refractivity contribution < 1.29 is 4.79 Å². The molecule has 4 aromatic rings. The Kier molecular flexibility index (Phi) is 4.40. The zero-order valence-corrected chi connectivity index (χ0v) is 17.4. The quantitative estimate of drug-likeness (QED) is 0.297. The maximum Gasteiger partial charge on any atom is 0.194 e. The molecule has 0 saturated carbocycles. The second-order valence-corrected chi connectivity index (χ2v) is 8.37. The van der Waals surface area contributed by atoms with Gasteiger partial charge in [-0.05, 0) is 29.3 Å². The number of ketones is 1. The lowest BCUT2D eigenvalue weighted by atomic mass is 9.99. The van der Waals surface area contributed by atoms with Gasteiger partial charge in [-0.1, -0.05) is 54.6 Å². The monoisotopic (exact) mass is 417 g/mol. The molecule has 146 valence electrons. The molecule has 0 aliphatic heterocycles. The van der Waals surface area contributed by atoms with E-state index < -0.39 is 0 Å². The summed E-state index contributed by atoms with van der Waals surface area (Å²) in [6.07, 6.45) is 1.80. The molecular weight excluding hydrogens is 402 g/mol. The van der Waals surface area contributed by atoms with Crippen LogP contribution in [0.4, 0.5) is 0 Å². The van der Waals surface area contributed by atoms with E-state index in [9.17, 15) is 15.3 Å². The predicted molar refractivity (Wildman–Crippen MR) is 123 cm³/mol. The highest BCUT2D eigenvalue weighted by Gasteiger charge is 2.32. The van der Waals surface area contributed by atoms with Crippen molar-refractivity contribution in [2.24, 2.45) is 7.05 Å². The van der Waals surface area contributed by atoms with E-state index in [1.165, 1.54) is 0 Å². The highest BCUT2D eigenvalue weighted by molar-refractivity contribution is 7.19. The van der Waals surface area contributed by atoms with Crippen molar-refractivity contribution in [2.45, 2.75) is 0 Å². The van der Waals surface area contributed by atoms with Gasteiger partial charge in [-0.25, -0.2) is 0 Å². The third kappa shape index (κ3) is 2.92. The van der Waals surface area contributed by atoms with E-state index in [2.05, 4.69) is 22.8 Å². The molecule has 0 fully saturated rings. The summed E-state index contributed by atoms with van der Waals surface area (Å²) >= 11 is 1.59. The highest BCUT2D eigenvalue weighted by atomic mass is 32.1. The van der Waals surface area contributed by atoms with E-state index in [1.54, 1.807) is 35.6 Å². The molecular formula is C26H15N3OS. The number of hydrogen-bond donors (Lipinski definition) is 0. The number of aromatic nitrogens is 1. The molecule has 5 rings (SSSR count). The standard InChI is InChI=1S/C26H15N3OS/c1-29-22(16-7-3-2-4-8-16)13-24-23(29)12-18(31-24)11-21-25(17(14-27)15-28)19-9-5-6-10-20(19)26(21)30/h2-13H,1H3/b21-11-. The van der Waals surface area contributed by atoms with Gasteiger partial charge in [-0.2, -0.15) is 10.5 Å². The SMILES string of the molecule is Cn1c(-c2ccccc2)cc2sc(/C=C3\C(=O)c4ccccc4C3=C(C#N)C#N)cc21. The fraction of sp³-hybridized carbons (Fsp3) is 0.0385. The summed E-state index contributed by atoms with van der Waals surface area (Å²) in [5.41, 5.74) is 5.29. The van der Waals surface area contributed by atoms with Gasteiger partial charge in [0, 0.05) is 34.3 Å². The van der Waals surface area contributed by atoms with Crippen LogP contribution in [-0.4, -0.2) is 10.4 Å². The van der Waals surface area contributed by atoms with Crippen LogP contribution in [0.1, 0.15) is 20.8 Å². The number of allylic oxidation sites excluding steroid dienone is 3. The van der Waals surface area contributed by atoms with Crippen LogP contribution in [0.2, 0.25) is 0 Å². The minimum atomic E-state index is -0.156. The maximum absolute atomic E-state index is 13.1. The Morgan fingerprint density at radius 1 is 0.968 bits per heavy atom. The van der Waals surface area contributed by atoms with Crippen molar-refractivity contribution in [2.75, 3.05) is 0 Å². The fourth-order valence-corrected chi connectivity index (χ4v) is 5.15. The highest BCUT2D eigenvalue weighted by Crippen LogP contribution is 2.41. The number of hydrogen-bond acceptors (Lipinski definition) is 4. The molecule has 2 heterocycles. The Morgan fingerprint density at radius 2 is 1.65 bits per heavy atom. The number of nitrogens with zero attached hydrogens (tertiary/aromatic N) is 3. The Labute approximate surface area is 183 Å². The van der Waals surface area contributed by atoms with Crippen LogP contribution in [-0.2, 0) is 7.05 Å². The first-order valence-corrected chi connectivity index (χ1v) is 10.5. The van der Waals surface area contributed by atoms with Crippen molar-refractivity contribution in [3.63, 3.8) is 0 Å². The molecule has 0 bridgehead atoms. The van der Waals surface area contributed by atoms with Crippen molar-refractivity contribution in [1.29, 1.82) is 10.5 Å². The number of nitriles is 2. The summed E-state index contributed by atoms with van der Waals surface area (Å²) in [5.74, 6) is -0.156. The van der Waals surface area contributed by atoms with Gasteiger partial charge in [-0.3, -0.25) is 4.79 Å². The number of carbonyl (C=O) groups is 1. The largest absolute Gasteiger partial charge is 0.343 e. The smallest absolute Gasteiger partial charge is 0.194 e. The summed E-state index contributed by atoms with van der Waals surface area (Å²) in [4.78, 5) is 14.0. The van der Waals surface area contributed by atoms with Crippen LogP contribution in [0.15, 0.2) is 77.9 Å². The Hall–Kier alpha value is -4.19. The fourth-order valence-electron chi connectivity index (χ4n) is 4.08. The molecule has 0 N–H and O–H groups in total. The molecule has 31 heavy (non-hydrogen) atoms. The molecule has 0 radical (unpaired) electrons. The molecule has 0 saturated heterocycles. The molecule has 0 unspecified atom stereocenters. The van der Waals surface area contributed by atoms with Crippen LogP contribution in [0.5, 0.6) is 0 Å². The second-order valence-electron chi connectivity index (χ2n) is 7.26. The number of thiophene rings is 1. The normalized spacial score (nSPS) is 14.0. The lowest BCUT2D eigenvalue weighted by Crippen LogP contribution is -1.95. The van der Waals surface area contributed by atoms with Crippen molar-refractivity contribution in [3.05, 3.63) is 93.9 Å². The van der Waals surface area contributed by atoms with Gasteiger partial charge in [0.1, 0.15) is 17.7 Å². The zero-order chi connectivity index (χ0) is 21.5. The van der Waals surface area contributed by atoms with E-state index in [0.29, 0.717) is 22.3 Å². The summed E-state index contributed by atoms with van der Waals surface area (Å²) in [5, 5.41) is 18.9. The molecule has 0 atom stereocenters. The number of carbonyl (C=O) groups excluding carboxylic acids is 1. The first kappa shape index (κ1) is 18.8. The lowest BCUT2D eigenvalue weighted by molar-refractivity contribution is 0.104. The third-order valence-corrected chi connectivity index (χ3v) is 6.55. The Morgan fingerprint density at radius 3 is 2.32 bits per heavy atom. The second kappa shape index (κ2) is 7.25. The van der Waals surface area contributed by atoms with Gasteiger partial charge < -0.3 is 4.57 Å². The van der Waals surface area contributed by atoms with Crippen LogP contribution in [0.3, 0.4) is 0 Å². The van der Waals surface area contributed by atoms with Crippen LogP contribution >= 0.6 is 11.3 Å². The van der Waals surface area contributed by atoms with Crippen LogP contribution < -0.4 is 0 Å². The van der Waals surface area contributed by atoms with Gasteiger partial charge in [0.2, 0.25) is 0 Å². The number of benzene rings is 2. The molecule has 1 aliphatic carbocycles. The molecule has 2 aromatic carbocycles. The van der Waals surface area contributed by atoms with Gasteiger partial charge >= 0.3 is 0 Å². The summed E-state index contributed by atoms with van der Waals surface area (Å²) in [6, 6.07) is 25.4. The van der Waals surface area contributed by atoms with Crippen molar-refractivity contribution in [1.82, 2.24) is 4.57 Å². The van der Waals surface area contributed by atoms with Crippen LogP contribution in [0.25, 0.3) is 33.1 Å². The van der Waals surface area contributed by atoms with Gasteiger partial charge in [0.15, 0.2) is 5.78 Å². The average molecular weight is 417 g/mol. The van der Waals surface area contributed by atoms with Gasteiger partial charge in [0.25, 0.3) is 0 Å². The molecule has 5 heteroatoms. The van der Waals surface area contributed by atoms with Crippen molar-refractivity contribution in [3.8, 4) is 23.4 Å². The number of fused-ring (bicyclic) bond motifs is 2. The molecule has 2 aromatic heterocycles. The first-order valence-electron chi connectivity index (χ1n) is 9.67. The molecule has 0 spiro atoms. The van der Waals surface area contributed by atoms with E-state index >= 15 is 0 Å². The predicted octanol–water partition coefficient (Wildman–Crippen LogP) is 5.99. The Balaban J connectivity index is 1.65. The number of aryl methyl sites for hydroxylation is 1. The maximum atomic E-state index is 13.1. The lowest BCUT2D eigenvalue weighted by Gasteiger charge is -2.03. The van der Waals surface area contributed by atoms with Crippen LogP contribution in [0, 0.1) is 22.7 Å². The van der Waals surface area contributed by atoms with E-state index in [4.69, 9.17) is 0 Å². The summed E-state index contributed by atoms with van der Waals surface area (Å²) < 4.78 is 3.25. The van der Waals surface area contributed by atoms with E-state index in [0.717, 1.165) is 26.4 Å². The number of rotatable bonds is 2. The van der Waals surface area contributed by atoms with Gasteiger partial charge in [-0.15, -0.1) is 11.3 Å². The van der Waals surface area contributed by atoms with E-state index in [-0.39, 0.29) is 11.4 Å². The first-order chi connectivity index (χ1) is 15.1. The summed E-state index contributed by atoms with van der Waals surface area (Å²) in [6.45, 7) is 0. The van der Waals surface area contributed by atoms with Crippen molar-refractivity contribution >= 4 is 39.0 Å². The minimum Gasteiger partial charge on any atom is -0.343 e. The minimum absolute atomic E-state index is 0.0444.